The van der Waals surface area contributed by atoms with Gasteiger partial charge in [0.05, 0.1) is 4.92 Å². The number of aromatic nitrogens is 2. The third-order valence-corrected chi connectivity index (χ3v) is 3.09. The lowest BCUT2D eigenvalue weighted by Gasteiger charge is -2.04. The summed E-state index contributed by atoms with van der Waals surface area (Å²) in [6.07, 6.45) is 0.632. The number of aryl methyl sites for hydroxylation is 2. The highest BCUT2D eigenvalue weighted by atomic mass is 79.9. The van der Waals surface area contributed by atoms with E-state index in [1.165, 1.54) is 4.68 Å². The van der Waals surface area contributed by atoms with E-state index in [0.29, 0.717) is 29.1 Å². The fraction of sp³-hybridized carbons (Fsp3) is 0.364. The Kier molecular flexibility index (Phi) is 3.89. The van der Waals surface area contributed by atoms with Gasteiger partial charge in [-0.2, -0.15) is 5.10 Å². The molecular formula is C11H13BrN4O3. The van der Waals surface area contributed by atoms with Crippen LogP contribution in [0.25, 0.3) is 0 Å². The molecule has 2 aromatic heterocycles. The van der Waals surface area contributed by atoms with Crippen LogP contribution in [-0.2, 0) is 13.5 Å². The maximum atomic E-state index is 11.0. The lowest BCUT2D eigenvalue weighted by Crippen LogP contribution is -2.09. The molecule has 0 aliphatic heterocycles. The van der Waals surface area contributed by atoms with Crippen molar-refractivity contribution in [3.05, 3.63) is 38.4 Å². The van der Waals surface area contributed by atoms with Crippen molar-refractivity contribution in [3.8, 4) is 0 Å². The summed E-state index contributed by atoms with van der Waals surface area (Å²) in [5.74, 6) is 1.22. The largest absolute Gasteiger partial charge is 0.454 e. The summed E-state index contributed by atoms with van der Waals surface area (Å²) >= 11 is 3.22. The van der Waals surface area contributed by atoms with E-state index in [0.717, 1.165) is 5.76 Å². The Bertz CT molecular complexity index is 605. The van der Waals surface area contributed by atoms with Crippen molar-refractivity contribution in [1.29, 1.82) is 0 Å². The number of nitro groups is 1. The molecule has 102 valence electrons. The van der Waals surface area contributed by atoms with Gasteiger partial charge in [-0.05, 0) is 35.0 Å². The number of anilines is 1. The Balaban J connectivity index is 2.05. The fourth-order valence-corrected chi connectivity index (χ4v) is 2.19. The van der Waals surface area contributed by atoms with E-state index in [1.807, 2.05) is 12.1 Å². The Morgan fingerprint density at radius 3 is 2.89 bits per heavy atom. The van der Waals surface area contributed by atoms with Gasteiger partial charge in [0, 0.05) is 20.0 Å². The first kappa shape index (κ1) is 13.6. The second kappa shape index (κ2) is 5.43. The maximum Gasteiger partial charge on any atom is 0.333 e. The smallest absolute Gasteiger partial charge is 0.333 e. The summed E-state index contributed by atoms with van der Waals surface area (Å²) in [4.78, 5) is 10.6. The molecule has 0 saturated heterocycles. The Hall–Kier alpha value is -1.83. The van der Waals surface area contributed by atoms with Crippen molar-refractivity contribution in [3.63, 3.8) is 0 Å². The molecule has 0 aromatic carbocycles. The quantitative estimate of drug-likeness (QED) is 0.673. The molecule has 2 rings (SSSR count). The molecule has 1 N–H and O–H groups in total. The number of halogens is 1. The monoisotopic (exact) mass is 328 g/mol. The Labute approximate surface area is 117 Å². The third-order valence-electron chi connectivity index (χ3n) is 2.67. The average Bonchev–Trinajstić information content (AvgIpc) is 2.84. The van der Waals surface area contributed by atoms with Crippen molar-refractivity contribution < 1.29 is 9.34 Å². The zero-order chi connectivity index (χ0) is 14.0. The summed E-state index contributed by atoms with van der Waals surface area (Å²) in [7, 11) is 1.67. The molecule has 7 nitrogen and oxygen atoms in total. The molecule has 0 radical (unpaired) electrons. The van der Waals surface area contributed by atoms with E-state index >= 15 is 0 Å². The van der Waals surface area contributed by atoms with Gasteiger partial charge in [-0.3, -0.25) is 10.1 Å². The summed E-state index contributed by atoms with van der Waals surface area (Å²) in [6, 6.07) is 3.67. The lowest BCUT2D eigenvalue weighted by atomic mass is 10.3. The highest BCUT2D eigenvalue weighted by Gasteiger charge is 2.23. The molecule has 2 aromatic rings. The van der Waals surface area contributed by atoms with Gasteiger partial charge < -0.3 is 9.73 Å². The van der Waals surface area contributed by atoms with E-state index in [2.05, 4.69) is 26.3 Å². The van der Waals surface area contributed by atoms with Crippen LogP contribution >= 0.6 is 15.9 Å². The fourth-order valence-electron chi connectivity index (χ4n) is 1.85. The molecule has 0 atom stereocenters. The number of hydrogen-bond acceptors (Lipinski definition) is 5. The number of hydrogen-bond donors (Lipinski definition) is 1. The topological polar surface area (TPSA) is 86.1 Å². The zero-order valence-corrected chi connectivity index (χ0v) is 12.1. The Morgan fingerprint density at radius 2 is 2.32 bits per heavy atom. The molecule has 0 fully saturated rings. The van der Waals surface area contributed by atoms with Crippen molar-refractivity contribution >= 4 is 27.4 Å². The molecule has 0 unspecified atom stereocenters. The van der Waals surface area contributed by atoms with Crippen LogP contribution in [-0.4, -0.2) is 21.2 Å². The van der Waals surface area contributed by atoms with E-state index in [4.69, 9.17) is 4.42 Å². The van der Waals surface area contributed by atoms with Gasteiger partial charge in [0.2, 0.25) is 5.82 Å². The molecule has 2 heterocycles. The van der Waals surface area contributed by atoms with Crippen molar-refractivity contribution in [2.75, 3.05) is 11.9 Å². The standard InChI is InChI=1S/C11H13BrN4O3/c1-7-10(16(17)18)11(15(2)14-7)13-6-5-8-3-4-9(12)19-8/h3-4,13H,5-6H2,1-2H3. The van der Waals surface area contributed by atoms with Crippen LogP contribution in [0.3, 0.4) is 0 Å². The van der Waals surface area contributed by atoms with Gasteiger partial charge in [-0.15, -0.1) is 0 Å². The minimum absolute atomic E-state index is 0.0168. The van der Waals surface area contributed by atoms with Gasteiger partial charge in [-0.1, -0.05) is 0 Å². The molecule has 0 saturated carbocycles. The normalized spacial score (nSPS) is 10.7. The number of rotatable bonds is 5. The average molecular weight is 329 g/mol. The zero-order valence-electron chi connectivity index (χ0n) is 10.5. The van der Waals surface area contributed by atoms with E-state index in [9.17, 15) is 10.1 Å². The maximum absolute atomic E-state index is 11.0. The van der Waals surface area contributed by atoms with Crippen LogP contribution in [0, 0.1) is 17.0 Å². The molecule has 0 aliphatic rings. The number of nitrogens with zero attached hydrogens (tertiary/aromatic N) is 3. The van der Waals surface area contributed by atoms with E-state index in [-0.39, 0.29) is 5.69 Å². The molecular weight excluding hydrogens is 316 g/mol. The van der Waals surface area contributed by atoms with Crippen LogP contribution in [0.1, 0.15) is 11.5 Å². The van der Waals surface area contributed by atoms with Crippen LogP contribution in [0.5, 0.6) is 0 Å². The molecule has 0 aliphatic carbocycles. The number of nitrogens with one attached hydrogen (secondary N) is 1. The summed E-state index contributed by atoms with van der Waals surface area (Å²) < 4.78 is 7.50. The molecule has 19 heavy (non-hydrogen) atoms. The minimum Gasteiger partial charge on any atom is -0.454 e. The lowest BCUT2D eigenvalue weighted by molar-refractivity contribution is -0.384. The summed E-state index contributed by atoms with van der Waals surface area (Å²) in [6.45, 7) is 2.15. The molecule has 0 bridgehead atoms. The van der Waals surface area contributed by atoms with Gasteiger partial charge >= 0.3 is 5.69 Å². The van der Waals surface area contributed by atoms with Crippen molar-refractivity contribution in [2.24, 2.45) is 7.05 Å². The van der Waals surface area contributed by atoms with Gasteiger partial charge in [0.25, 0.3) is 0 Å². The molecule has 8 heteroatoms. The van der Waals surface area contributed by atoms with Crippen LogP contribution in [0.15, 0.2) is 21.2 Å². The van der Waals surface area contributed by atoms with Gasteiger partial charge in [0.15, 0.2) is 4.67 Å². The minimum atomic E-state index is -0.422. The first-order chi connectivity index (χ1) is 8.99. The predicted molar refractivity (Wildman–Crippen MR) is 73.2 cm³/mol. The van der Waals surface area contributed by atoms with Crippen LogP contribution < -0.4 is 5.32 Å². The predicted octanol–water partition coefficient (Wildman–Crippen LogP) is 2.65. The van der Waals surface area contributed by atoms with Gasteiger partial charge in [-0.25, -0.2) is 4.68 Å². The van der Waals surface area contributed by atoms with Crippen molar-refractivity contribution in [1.82, 2.24) is 9.78 Å². The van der Waals surface area contributed by atoms with Crippen LogP contribution in [0.4, 0.5) is 11.5 Å². The highest BCUT2D eigenvalue weighted by Crippen LogP contribution is 2.27. The molecule has 0 spiro atoms. The highest BCUT2D eigenvalue weighted by molar-refractivity contribution is 9.10. The second-order valence-corrected chi connectivity index (χ2v) is 4.83. The van der Waals surface area contributed by atoms with Crippen molar-refractivity contribution in [2.45, 2.75) is 13.3 Å². The van der Waals surface area contributed by atoms with E-state index in [1.54, 1.807) is 14.0 Å². The second-order valence-electron chi connectivity index (χ2n) is 4.05. The summed E-state index contributed by atoms with van der Waals surface area (Å²) in [5.41, 5.74) is 0.416. The first-order valence-corrected chi connectivity index (χ1v) is 6.44. The third kappa shape index (κ3) is 2.95. The Morgan fingerprint density at radius 1 is 1.58 bits per heavy atom. The van der Waals surface area contributed by atoms with Gasteiger partial charge in [0.1, 0.15) is 11.5 Å². The first-order valence-electron chi connectivity index (χ1n) is 5.65. The summed E-state index contributed by atoms with van der Waals surface area (Å²) in [5, 5.41) is 18.0. The van der Waals surface area contributed by atoms with E-state index < -0.39 is 4.92 Å². The SMILES string of the molecule is Cc1nn(C)c(NCCc2ccc(Br)o2)c1[N+](=O)[O-]. The van der Waals surface area contributed by atoms with Crippen LogP contribution in [0.2, 0.25) is 0 Å². The molecule has 0 amide bonds. The number of furan rings is 1.